The number of fused-ring (bicyclic) bond motifs is 1. The van der Waals surface area contributed by atoms with Crippen LogP contribution in [0.25, 0.3) is 10.9 Å². The van der Waals surface area contributed by atoms with E-state index in [1.165, 1.54) is 5.69 Å². The van der Waals surface area contributed by atoms with Gasteiger partial charge in [0.15, 0.2) is 0 Å². The summed E-state index contributed by atoms with van der Waals surface area (Å²) < 4.78 is 4.21. The molecule has 0 bridgehead atoms. The largest absolute Gasteiger partial charge is 0.392 e. The van der Waals surface area contributed by atoms with Gasteiger partial charge in [-0.15, -0.1) is 0 Å². The van der Waals surface area contributed by atoms with Gasteiger partial charge in [-0.05, 0) is 31.4 Å². The SMILES string of the molecule is CCn1nc(C)cc1Cn1ccc2cccc(CO)c21. The Morgan fingerprint density at radius 1 is 1.25 bits per heavy atom. The highest BCUT2D eigenvalue weighted by Crippen LogP contribution is 2.21. The van der Waals surface area contributed by atoms with Crippen molar-refractivity contribution in [3.63, 3.8) is 0 Å². The molecule has 0 spiro atoms. The van der Waals surface area contributed by atoms with Crippen molar-refractivity contribution in [1.82, 2.24) is 14.3 Å². The molecule has 2 aromatic heterocycles. The lowest BCUT2D eigenvalue weighted by Crippen LogP contribution is -2.07. The van der Waals surface area contributed by atoms with Gasteiger partial charge < -0.3 is 9.67 Å². The van der Waals surface area contributed by atoms with Crippen LogP contribution in [0.2, 0.25) is 0 Å². The zero-order valence-electron chi connectivity index (χ0n) is 11.9. The van der Waals surface area contributed by atoms with E-state index >= 15 is 0 Å². The molecule has 0 saturated carbocycles. The van der Waals surface area contributed by atoms with E-state index in [2.05, 4.69) is 41.0 Å². The van der Waals surface area contributed by atoms with E-state index in [4.69, 9.17) is 0 Å². The summed E-state index contributed by atoms with van der Waals surface area (Å²) in [5.41, 5.74) is 4.30. The monoisotopic (exact) mass is 269 g/mol. The molecule has 0 atom stereocenters. The first-order valence-corrected chi connectivity index (χ1v) is 6.94. The molecule has 0 fully saturated rings. The predicted molar refractivity (Wildman–Crippen MR) is 79.6 cm³/mol. The molecule has 1 N–H and O–H groups in total. The standard InChI is InChI=1S/C16H19N3O/c1-3-19-15(9-12(2)17-19)10-18-8-7-13-5-4-6-14(11-20)16(13)18/h4-9,20H,3,10-11H2,1-2H3. The quantitative estimate of drug-likeness (QED) is 0.791. The highest BCUT2D eigenvalue weighted by molar-refractivity contribution is 5.83. The molecule has 20 heavy (non-hydrogen) atoms. The topological polar surface area (TPSA) is 43.0 Å². The lowest BCUT2D eigenvalue weighted by Gasteiger charge is -2.10. The van der Waals surface area contributed by atoms with Crippen molar-refractivity contribution in [3.05, 3.63) is 53.5 Å². The Kier molecular flexibility index (Phi) is 3.32. The number of para-hydroxylation sites is 1. The van der Waals surface area contributed by atoms with Gasteiger partial charge >= 0.3 is 0 Å². The minimum absolute atomic E-state index is 0.0629. The minimum atomic E-state index is 0.0629. The smallest absolute Gasteiger partial charge is 0.0702 e. The minimum Gasteiger partial charge on any atom is -0.392 e. The number of aromatic nitrogens is 3. The summed E-state index contributed by atoms with van der Waals surface area (Å²) in [7, 11) is 0. The molecule has 3 rings (SSSR count). The number of rotatable bonds is 4. The van der Waals surface area contributed by atoms with Crippen LogP contribution in [-0.2, 0) is 19.7 Å². The van der Waals surface area contributed by atoms with Crippen LogP contribution in [-0.4, -0.2) is 19.5 Å². The van der Waals surface area contributed by atoms with E-state index in [0.29, 0.717) is 0 Å². The molecule has 0 saturated heterocycles. The number of hydrogen-bond acceptors (Lipinski definition) is 2. The van der Waals surface area contributed by atoms with Crippen molar-refractivity contribution in [2.45, 2.75) is 33.5 Å². The molecule has 0 amide bonds. The Bertz CT molecular complexity index is 739. The number of aliphatic hydroxyl groups is 1. The van der Waals surface area contributed by atoms with Gasteiger partial charge in [0.1, 0.15) is 0 Å². The second-order valence-corrected chi connectivity index (χ2v) is 5.05. The third-order valence-electron chi connectivity index (χ3n) is 3.66. The van der Waals surface area contributed by atoms with Crippen molar-refractivity contribution >= 4 is 10.9 Å². The van der Waals surface area contributed by atoms with Gasteiger partial charge in [0.25, 0.3) is 0 Å². The highest BCUT2D eigenvalue weighted by Gasteiger charge is 2.09. The molecule has 0 aliphatic rings. The van der Waals surface area contributed by atoms with Crippen LogP contribution < -0.4 is 0 Å². The van der Waals surface area contributed by atoms with Crippen molar-refractivity contribution in [3.8, 4) is 0 Å². The first kappa shape index (κ1) is 12.9. The highest BCUT2D eigenvalue weighted by atomic mass is 16.3. The van der Waals surface area contributed by atoms with E-state index in [-0.39, 0.29) is 6.61 Å². The molecule has 0 radical (unpaired) electrons. The van der Waals surface area contributed by atoms with E-state index < -0.39 is 0 Å². The van der Waals surface area contributed by atoms with Crippen molar-refractivity contribution in [2.24, 2.45) is 0 Å². The van der Waals surface area contributed by atoms with Crippen LogP contribution in [0.4, 0.5) is 0 Å². The zero-order chi connectivity index (χ0) is 14.1. The second kappa shape index (κ2) is 5.13. The lowest BCUT2D eigenvalue weighted by molar-refractivity contribution is 0.283. The number of nitrogens with zero attached hydrogens (tertiary/aromatic N) is 3. The average molecular weight is 269 g/mol. The van der Waals surface area contributed by atoms with Gasteiger partial charge in [0.05, 0.1) is 30.1 Å². The van der Waals surface area contributed by atoms with E-state index in [0.717, 1.165) is 35.2 Å². The maximum atomic E-state index is 9.52. The Morgan fingerprint density at radius 2 is 2.10 bits per heavy atom. The Hall–Kier alpha value is -2.07. The van der Waals surface area contributed by atoms with Gasteiger partial charge in [0, 0.05) is 18.3 Å². The van der Waals surface area contributed by atoms with Gasteiger partial charge in [0.2, 0.25) is 0 Å². The Labute approximate surface area is 118 Å². The van der Waals surface area contributed by atoms with Crippen LogP contribution in [0.1, 0.15) is 23.9 Å². The fraction of sp³-hybridized carbons (Fsp3) is 0.312. The number of aliphatic hydroxyl groups excluding tert-OH is 1. The molecule has 0 unspecified atom stereocenters. The third-order valence-corrected chi connectivity index (χ3v) is 3.66. The first-order chi connectivity index (χ1) is 9.72. The zero-order valence-corrected chi connectivity index (χ0v) is 11.9. The van der Waals surface area contributed by atoms with Crippen LogP contribution >= 0.6 is 0 Å². The number of aryl methyl sites for hydroxylation is 2. The maximum Gasteiger partial charge on any atom is 0.0702 e. The molecule has 1 aromatic carbocycles. The fourth-order valence-electron chi connectivity index (χ4n) is 2.77. The fourth-order valence-corrected chi connectivity index (χ4v) is 2.77. The lowest BCUT2D eigenvalue weighted by atomic mass is 10.1. The van der Waals surface area contributed by atoms with Crippen molar-refractivity contribution in [1.29, 1.82) is 0 Å². The van der Waals surface area contributed by atoms with E-state index in [1.54, 1.807) is 0 Å². The van der Waals surface area contributed by atoms with Crippen LogP contribution in [0.5, 0.6) is 0 Å². The molecule has 104 valence electrons. The summed E-state index contributed by atoms with van der Waals surface area (Å²) in [6.07, 6.45) is 2.08. The van der Waals surface area contributed by atoms with Crippen molar-refractivity contribution in [2.75, 3.05) is 0 Å². The molecule has 0 aliphatic heterocycles. The molecule has 2 heterocycles. The van der Waals surface area contributed by atoms with Crippen molar-refractivity contribution < 1.29 is 5.11 Å². The summed E-state index contributed by atoms with van der Waals surface area (Å²) in [5, 5.41) is 15.2. The average Bonchev–Trinajstić information content (AvgIpc) is 3.03. The molecular formula is C16H19N3O. The number of benzene rings is 1. The maximum absolute atomic E-state index is 9.52. The van der Waals surface area contributed by atoms with Crippen LogP contribution in [0.15, 0.2) is 36.5 Å². The van der Waals surface area contributed by atoms with Crippen LogP contribution in [0.3, 0.4) is 0 Å². The predicted octanol–water partition coefficient (Wildman–Crippen LogP) is 2.71. The third kappa shape index (κ3) is 2.12. The second-order valence-electron chi connectivity index (χ2n) is 5.05. The summed E-state index contributed by atoms with van der Waals surface area (Å²) in [4.78, 5) is 0. The normalized spacial score (nSPS) is 11.3. The molecular weight excluding hydrogens is 250 g/mol. The Balaban J connectivity index is 2.06. The van der Waals surface area contributed by atoms with Gasteiger partial charge in [-0.25, -0.2) is 0 Å². The molecule has 4 nitrogen and oxygen atoms in total. The summed E-state index contributed by atoms with van der Waals surface area (Å²) in [6.45, 7) is 5.82. The van der Waals surface area contributed by atoms with Crippen LogP contribution in [0, 0.1) is 6.92 Å². The Morgan fingerprint density at radius 3 is 2.85 bits per heavy atom. The first-order valence-electron chi connectivity index (χ1n) is 6.94. The summed E-state index contributed by atoms with van der Waals surface area (Å²) in [6, 6.07) is 10.2. The summed E-state index contributed by atoms with van der Waals surface area (Å²) in [5.74, 6) is 0. The van der Waals surface area contributed by atoms with Gasteiger partial charge in [-0.3, -0.25) is 4.68 Å². The molecule has 4 heteroatoms. The van der Waals surface area contributed by atoms with E-state index in [9.17, 15) is 5.11 Å². The summed E-state index contributed by atoms with van der Waals surface area (Å²) >= 11 is 0. The van der Waals surface area contributed by atoms with Gasteiger partial charge in [-0.1, -0.05) is 18.2 Å². The number of hydrogen-bond donors (Lipinski definition) is 1. The van der Waals surface area contributed by atoms with Gasteiger partial charge in [-0.2, -0.15) is 5.10 Å². The van der Waals surface area contributed by atoms with E-state index in [1.807, 2.05) is 23.7 Å². The molecule has 0 aliphatic carbocycles. The molecule has 3 aromatic rings.